The van der Waals surface area contributed by atoms with E-state index in [1.807, 2.05) is 24.3 Å². The van der Waals surface area contributed by atoms with Crippen LogP contribution in [0.15, 0.2) is 103 Å². The first-order chi connectivity index (χ1) is 15.3. The summed E-state index contributed by atoms with van der Waals surface area (Å²) >= 11 is 0. The molecule has 0 aliphatic heterocycles. The summed E-state index contributed by atoms with van der Waals surface area (Å²) in [5.74, 6) is 1.86. The van der Waals surface area contributed by atoms with Gasteiger partial charge in [-0.2, -0.15) is 0 Å². The normalized spacial score (nSPS) is 11.1. The summed E-state index contributed by atoms with van der Waals surface area (Å²) in [4.78, 5) is 0. The zero-order valence-corrected chi connectivity index (χ0v) is 18.0. The van der Waals surface area contributed by atoms with Crippen molar-refractivity contribution in [3.05, 3.63) is 125 Å². The van der Waals surface area contributed by atoms with Gasteiger partial charge in [0.1, 0.15) is 0 Å². The highest BCUT2D eigenvalue weighted by atomic mass is 16.5. The lowest BCUT2D eigenvalue weighted by atomic mass is 9.65. The molecule has 31 heavy (non-hydrogen) atoms. The van der Waals surface area contributed by atoms with Crippen molar-refractivity contribution in [3.63, 3.8) is 0 Å². The van der Waals surface area contributed by atoms with Gasteiger partial charge in [-0.1, -0.05) is 91.0 Å². The molecule has 3 nitrogen and oxygen atoms in total. The van der Waals surface area contributed by atoms with Crippen LogP contribution in [0.5, 0.6) is 17.2 Å². The topological polar surface area (TPSA) is 27.7 Å². The first-order valence-electron chi connectivity index (χ1n) is 10.2. The molecule has 4 rings (SSSR count). The van der Waals surface area contributed by atoms with Gasteiger partial charge in [0, 0.05) is 5.56 Å². The fourth-order valence-corrected chi connectivity index (χ4v) is 4.43. The van der Waals surface area contributed by atoms with Crippen LogP contribution in [0.2, 0.25) is 0 Å². The van der Waals surface area contributed by atoms with Crippen LogP contribution in [0.3, 0.4) is 0 Å². The second-order valence-corrected chi connectivity index (χ2v) is 7.23. The molecule has 0 radical (unpaired) electrons. The second kappa shape index (κ2) is 8.97. The van der Waals surface area contributed by atoms with Crippen molar-refractivity contribution >= 4 is 0 Å². The summed E-state index contributed by atoms with van der Waals surface area (Å²) in [6.45, 7) is 0. The third kappa shape index (κ3) is 3.42. The van der Waals surface area contributed by atoms with Crippen molar-refractivity contribution in [1.82, 2.24) is 0 Å². The average Bonchev–Trinajstić information content (AvgIpc) is 2.86. The first kappa shape index (κ1) is 20.5. The van der Waals surface area contributed by atoms with E-state index in [1.54, 1.807) is 21.3 Å². The standard InChI is InChI=1S/C28H26O3/c1-29-25-20-19-24(26(30-2)27(25)31-3)28(21-13-7-4-8-14-21,22-15-9-5-10-16-22)23-17-11-6-12-18-23/h4-20H,1-3H3. The Kier molecular flexibility index (Phi) is 5.94. The lowest BCUT2D eigenvalue weighted by Gasteiger charge is -2.38. The molecule has 0 fully saturated rings. The van der Waals surface area contributed by atoms with E-state index < -0.39 is 5.41 Å². The Morgan fingerprint density at radius 1 is 0.452 bits per heavy atom. The summed E-state index contributed by atoms with van der Waals surface area (Å²) < 4.78 is 17.3. The van der Waals surface area contributed by atoms with Crippen molar-refractivity contribution < 1.29 is 14.2 Å². The Bertz CT molecular complexity index is 1030. The smallest absolute Gasteiger partial charge is 0.203 e. The van der Waals surface area contributed by atoms with E-state index in [1.165, 1.54) is 0 Å². The molecule has 0 amide bonds. The maximum atomic E-state index is 5.98. The monoisotopic (exact) mass is 410 g/mol. The molecule has 0 aromatic heterocycles. The van der Waals surface area contributed by atoms with Crippen LogP contribution in [0.25, 0.3) is 0 Å². The van der Waals surface area contributed by atoms with Crippen molar-refractivity contribution in [2.45, 2.75) is 5.41 Å². The van der Waals surface area contributed by atoms with E-state index >= 15 is 0 Å². The van der Waals surface area contributed by atoms with Gasteiger partial charge < -0.3 is 14.2 Å². The molecule has 0 saturated heterocycles. The molecular formula is C28H26O3. The molecule has 156 valence electrons. The molecule has 0 saturated carbocycles. The van der Waals surface area contributed by atoms with Crippen LogP contribution < -0.4 is 14.2 Å². The van der Waals surface area contributed by atoms with E-state index in [0.717, 1.165) is 22.3 Å². The SMILES string of the molecule is COc1ccc(C(c2ccccc2)(c2ccccc2)c2ccccc2)c(OC)c1OC. The molecule has 0 N–H and O–H groups in total. The van der Waals surface area contributed by atoms with Crippen LogP contribution in [0.4, 0.5) is 0 Å². The zero-order valence-electron chi connectivity index (χ0n) is 18.0. The third-order valence-electron chi connectivity index (χ3n) is 5.73. The van der Waals surface area contributed by atoms with Crippen molar-refractivity contribution in [2.24, 2.45) is 0 Å². The molecule has 3 heteroatoms. The first-order valence-corrected chi connectivity index (χ1v) is 10.2. The highest BCUT2D eigenvalue weighted by molar-refractivity contribution is 5.68. The Balaban J connectivity index is 2.20. The molecule has 4 aromatic rings. The van der Waals surface area contributed by atoms with Gasteiger partial charge in [0.05, 0.1) is 26.7 Å². The van der Waals surface area contributed by atoms with Crippen LogP contribution in [0, 0.1) is 0 Å². The fraction of sp³-hybridized carbons (Fsp3) is 0.143. The molecule has 0 atom stereocenters. The fourth-order valence-electron chi connectivity index (χ4n) is 4.43. The van der Waals surface area contributed by atoms with Crippen LogP contribution in [-0.2, 0) is 5.41 Å². The number of ether oxygens (including phenoxy) is 3. The summed E-state index contributed by atoms with van der Waals surface area (Å²) in [6.07, 6.45) is 0. The van der Waals surface area contributed by atoms with Gasteiger partial charge in [0.15, 0.2) is 11.5 Å². The van der Waals surface area contributed by atoms with Crippen LogP contribution in [-0.4, -0.2) is 21.3 Å². The van der Waals surface area contributed by atoms with E-state index in [4.69, 9.17) is 14.2 Å². The summed E-state index contributed by atoms with van der Waals surface area (Å²) in [6, 6.07) is 35.5. The van der Waals surface area contributed by atoms with Gasteiger partial charge in [-0.05, 0) is 28.8 Å². The highest BCUT2D eigenvalue weighted by Gasteiger charge is 2.41. The molecule has 4 aromatic carbocycles. The number of benzene rings is 4. The predicted octanol–water partition coefficient (Wildman–Crippen LogP) is 6.10. The second-order valence-electron chi connectivity index (χ2n) is 7.23. The molecule has 0 aliphatic rings. The highest BCUT2D eigenvalue weighted by Crippen LogP contribution is 2.52. The largest absolute Gasteiger partial charge is 0.493 e. The molecule has 0 bridgehead atoms. The Labute approximate surface area is 183 Å². The molecule has 0 spiro atoms. The maximum Gasteiger partial charge on any atom is 0.203 e. The van der Waals surface area contributed by atoms with Crippen molar-refractivity contribution in [3.8, 4) is 17.2 Å². The van der Waals surface area contributed by atoms with E-state index in [0.29, 0.717) is 17.2 Å². The van der Waals surface area contributed by atoms with Gasteiger partial charge >= 0.3 is 0 Å². The molecular weight excluding hydrogens is 384 g/mol. The third-order valence-corrected chi connectivity index (χ3v) is 5.73. The number of hydrogen-bond donors (Lipinski definition) is 0. The van der Waals surface area contributed by atoms with Crippen LogP contribution >= 0.6 is 0 Å². The minimum absolute atomic E-state index is 0.578. The van der Waals surface area contributed by atoms with E-state index in [-0.39, 0.29) is 0 Å². The van der Waals surface area contributed by atoms with E-state index in [2.05, 4.69) is 78.9 Å². The number of methoxy groups -OCH3 is 3. The maximum absolute atomic E-state index is 5.98. The number of hydrogen-bond acceptors (Lipinski definition) is 3. The van der Waals surface area contributed by atoms with Gasteiger partial charge in [-0.25, -0.2) is 0 Å². The Morgan fingerprint density at radius 2 is 0.871 bits per heavy atom. The van der Waals surface area contributed by atoms with Gasteiger partial charge in [0.2, 0.25) is 5.75 Å². The zero-order chi connectivity index (χ0) is 21.7. The predicted molar refractivity (Wildman–Crippen MR) is 124 cm³/mol. The summed E-state index contributed by atoms with van der Waals surface area (Å²) in [5.41, 5.74) is 3.78. The van der Waals surface area contributed by atoms with Crippen molar-refractivity contribution in [2.75, 3.05) is 21.3 Å². The minimum atomic E-state index is -0.616. The lowest BCUT2D eigenvalue weighted by Crippen LogP contribution is -2.31. The Hall–Kier alpha value is -3.72. The lowest BCUT2D eigenvalue weighted by molar-refractivity contribution is 0.320. The number of rotatable bonds is 7. The quantitative estimate of drug-likeness (QED) is 0.345. The van der Waals surface area contributed by atoms with Gasteiger partial charge in [-0.3, -0.25) is 0 Å². The van der Waals surface area contributed by atoms with Gasteiger partial charge in [-0.15, -0.1) is 0 Å². The molecule has 0 aliphatic carbocycles. The summed E-state index contributed by atoms with van der Waals surface area (Å²) in [5, 5.41) is 0. The minimum Gasteiger partial charge on any atom is -0.493 e. The van der Waals surface area contributed by atoms with Crippen molar-refractivity contribution in [1.29, 1.82) is 0 Å². The van der Waals surface area contributed by atoms with Crippen LogP contribution in [0.1, 0.15) is 22.3 Å². The Morgan fingerprint density at radius 3 is 1.23 bits per heavy atom. The summed E-state index contributed by atoms with van der Waals surface area (Å²) in [7, 11) is 4.95. The molecule has 0 unspecified atom stereocenters. The van der Waals surface area contributed by atoms with Gasteiger partial charge in [0.25, 0.3) is 0 Å². The molecule has 0 heterocycles. The average molecular weight is 411 g/mol. The van der Waals surface area contributed by atoms with E-state index in [9.17, 15) is 0 Å².